The summed E-state index contributed by atoms with van der Waals surface area (Å²) in [4.78, 5) is 0. The second-order valence-corrected chi connectivity index (χ2v) is 4.33. The van der Waals surface area contributed by atoms with Crippen LogP contribution in [0, 0.1) is 11.8 Å². The van der Waals surface area contributed by atoms with Gasteiger partial charge in [-0.05, 0) is 38.6 Å². The molecule has 1 heterocycles. The fourth-order valence-corrected chi connectivity index (χ4v) is 3.05. The number of nitrogens with one attached hydrogen (secondary N) is 2. The molecule has 0 amide bonds. The van der Waals surface area contributed by atoms with Gasteiger partial charge in [0.05, 0.1) is 6.17 Å². The van der Waals surface area contributed by atoms with Crippen LogP contribution >= 0.6 is 0 Å². The monoisotopic (exact) mass is 168 g/mol. The van der Waals surface area contributed by atoms with Crippen molar-refractivity contribution >= 4 is 0 Å². The molecule has 2 aliphatic rings. The van der Waals surface area contributed by atoms with Gasteiger partial charge in [-0.25, -0.2) is 0 Å². The van der Waals surface area contributed by atoms with Crippen LogP contribution in [-0.2, 0) is 0 Å². The molecule has 1 saturated carbocycles. The molecule has 1 aliphatic carbocycles. The summed E-state index contributed by atoms with van der Waals surface area (Å²) in [6.45, 7) is 2.33. The highest BCUT2D eigenvalue weighted by Gasteiger charge is 2.40. The zero-order valence-corrected chi connectivity index (χ0v) is 8.14. The maximum Gasteiger partial charge on any atom is 0.0603 e. The van der Waals surface area contributed by atoms with Crippen LogP contribution in [0.5, 0.6) is 0 Å². The van der Waals surface area contributed by atoms with Gasteiger partial charge in [-0.15, -0.1) is 0 Å². The lowest BCUT2D eigenvalue weighted by Gasteiger charge is -2.28. The Hall–Kier alpha value is -0.0800. The van der Waals surface area contributed by atoms with Gasteiger partial charge in [0.25, 0.3) is 0 Å². The van der Waals surface area contributed by atoms with Crippen molar-refractivity contribution in [3.63, 3.8) is 0 Å². The van der Waals surface area contributed by atoms with Gasteiger partial charge in [0.1, 0.15) is 0 Å². The highest BCUT2D eigenvalue weighted by molar-refractivity contribution is 4.95. The predicted molar refractivity (Wildman–Crippen MR) is 50.9 cm³/mol. The Bertz CT molecular complexity index is 158. The van der Waals surface area contributed by atoms with E-state index in [-0.39, 0.29) is 0 Å². The van der Waals surface area contributed by atoms with Gasteiger partial charge in [0.2, 0.25) is 0 Å². The van der Waals surface area contributed by atoms with Crippen LogP contribution in [0.3, 0.4) is 0 Å². The van der Waals surface area contributed by atoms with Crippen molar-refractivity contribution in [1.82, 2.24) is 10.6 Å². The smallest absolute Gasteiger partial charge is 0.0603 e. The van der Waals surface area contributed by atoms with E-state index in [1.807, 2.05) is 0 Å². The van der Waals surface area contributed by atoms with E-state index in [0.29, 0.717) is 6.17 Å². The molecule has 12 heavy (non-hydrogen) atoms. The molecular formula is C10H20N2. The predicted octanol–water partition coefficient (Wildman–Crippen LogP) is 1.33. The third-order valence-corrected chi connectivity index (χ3v) is 3.70. The van der Waals surface area contributed by atoms with Gasteiger partial charge < -0.3 is 5.32 Å². The molecule has 0 aromatic rings. The lowest BCUT2D eigenvalue weighted by molar-refractivity contribution is 0.238. The maximum atomic E-state index is 3.63. The Morgan fingerprint density at radius 3 is 2.50 bits per heavy atom. The molecule has 2 heteroatoms. The number of hydrogen-bond acceptors (Lipinski definition) is 2. The van der Waals surface area contributed by atoms with Gasteiger partial charge in [0, 0.05) is 6.04 Å². The summed E-state index contributed by atoms with van der Waals surface area (Å²) in [6.07, 6.45) is 6.34. The van der Waals surface area contributed by atoms with E-state index < -0.39 is 0 Å². The average Bonchev–Trinajstić information content (AvgIpc) is 2.44. The van der Waals surface area contributed by atoms with Crippen molar-refractivity contribution in [1.29, 1.82) is 0 Å². The second-order valence-electron chi connectivity index (χ2n) is 4.33. The first-order chi connectivity index (χ1) is 5.83. The molecule has 4 atom stereocenters. The average molecular weight is 168 g/mol. The zero-order valence-electron chi connectivity index (χ0n) is 8.14. The van der Waals surface area contributed by atoms with Crippen LogP contribution in [0.15, 0.2) is 0 Å². The van der Waals surface area contributed by atoms with Crippen LogP contribution in [0.25, 0.3) is 0 Å². The van der Waals surface area contributed by atoms with Crippen molar-refractivity contribution in [3.05, 3.63) is 0 Å². The van der Waals surface area contributed by atoms with Gasteiger partial charge >= 0.3 is 0 Å². The molecule has 2 N–H and O–H groups in total. The molecular weight excluding hydrogens is 148 g/mol. The van der Waals surface area contributed by atoms with Crippen LogP contribution in [0.1, 0.15) is 32.6 Å². The Morgan fingerprint density at radius 2 is 1.83 bits per heavy atom. The molecule has 1 saturated heterocycles. The summed E-state index contributed by atoms with van der Waals surface area (Å²) in [5.41, 5.74) is 0. The molecule has 0 aromatic carbocycles. The minimum atomic E-state index is 0.588. The van der Waals surface area contributed by atoms with Crippen molar-refractivity contribution in [2.75, 3.05) is 7.05 Å². The Balaban J connectivity index is 2.05. The second kappa shape index (κ2) is 3.35. The molecule has 70 valence electrons. The van der Waals surface area contributed by atoms with Crippen LogP contribution < -0.4 is 10.6 Å². The standard InChI is InChI=1S/C10H20N2/c1-7-8-5-3-4-6-9(8)10(11-2)12-7/h7-12H,3-6H2,1-2H3. The third-order valence-electron chi connectivity index (χ3n) is 3.70. The number of rotatable bonds is 1. The molecule has 2 fully saturated rings. The van der Waals surface area contributed by atoms with Crippen LogP contribution in [0.4, 0.5) is 0 Å². The lowest BCUT2D eigenvalue weighted by Crippen LogP contribution is -2.41. The van der Waals surface area contributed by atoms with Crippen molar-refractivity contribution < 1.29 is 0 Å². The Kier molecular flexibility index (Phi) is 2.37. The largest absolute Gasteiger partial charge is 0.305 e. The molecule has 0 aromatic heterocycles. The first-order valence-electron chi connectivity index (χ1n) is 5.26. The minimum Gasteiger partial charge on any atom is -0.305 e. The fraction of sp³-hybridized carbons (Fsp3) is 1.00. The molecule has 2 nitrogen and oxygen atoms in total. The van der Waals surface area contributed by atoms with E-state index in [9.17, 15) is 0 Å². The van der Waals surface area contributed by atoms with E-state index >= 15 is 0 Å². The van der Waals surface area contributed by atoms with Crippen LogP contribution in [-0.4, -0.2) is 19.3 Å². The SMILES string of the molecule is CNC1NC(C)C2CCCCC12. The Morgan fingerprint density at radius 1 is 1.17 bits per heavy atom. The van der Waals surface area contributed by atoms with Gasteiger partial charge in [-0.2, -0.15) is 0 Å². The van der Waals surface area contributed by atoms with Gasteiger partial charge in [0.15, 0.2) is 0 Å². The van der Waals surface area contributed by atoms with E-state index in [1.54, 1.807) is 0 Å². The molecule has 1 aliphatic heterocycles. The van der Waals surface area contributed by atoms with Crippen molar-refractivity contribution in [3.8, 4) is 0 Å². The zero-order chi connectivity index (χ0) is 8.55. The molecule has 0 radical (unpaired) electrons. The summed E-state index contributed by atoms with van der Waals surface area (Å²) < 4.78 is 0. The summed E-state index contributed by atoms with van der Waals surface area (Å²) in [6, 6.07) is 0.729. The first kappa shape index (κ1) is 8.52. The van der Waals surface area contributed by atoms with Crippen molar-refractivity contribution in [2.45, 2.75) is 44.8 Å². The normalized spacial score (nSPS) is 47.5. The van der Waals surface area contributed by atoms with E-state index in [4.69, 9.17) is 0 Å². The molecule has 0 bridgehead atoms. The summed E-state index contributed by atoms with van der Waals surface area (Å²) >= 11 is 0. The van der Waals surface area contributed by atoms with E-state index in [0.717, 1.165) is 17.9 Å². The van der Waals surface area contributed by atoms with Crippen molar-refractivity contribution in [2.24, 2.45) is 11.8 Å². The molecule has 0 spiro atoms. The number of hydrogen-bond donors (Lipinski definition) is 2. The lowest BCUT2D eigenvalue weighted by atomic mass is 9.78. The first-order valence-corrected chi connectivity index (χ1v) is 5.26. The van der Waals surface area contributed by atoms with E-state index in [2.05, 4.69) is 24.6 Å². The summed E-state index contributed by atoms with van der Waals surface area (Å²) in [5, 5.41) is 7.02. The highest BCUT2D eigenvalue weighted by atomic mass is 15.2. The topological polar surface area (TPSA) is 24.1 Å². The summed E-state index contributed by atoms with van der Waals surface area (Å²) in [5.74, 6) is 1.84. The molecule has 4 unspecified atom stereocenters. The number of fused-ring (bicyclic) bond motifs is 1. The summed E-state index contributed by atoms with van der Waals surface area (Å²) in [7, 11) is 2.07. The van der Waals surface area contributed by atoms with Gasteiger partial charge in [-0.3, -0.25) is 5.32 Å². The Labute approximate surface area is 75.1 Å². The quantitative estimate of drug-likeness (QED) is 0.617. The highest BCUT2D eigenvalue weighted by Crippen LogP contribution is 2.38. The molecule has 2 rings (SSSR count). The van der Waals surface area contributed by atoms with Gasteiger partial charge in [-0.1, -0.05) is 12.8 Å². The maximum absolute atomic E-state index is 3.63. The van der Waals surface area contributed by atoms with Crippen LogP contribution in [0.2, 0.25) is 0 Å². The minimum absolute atomic E-state index is 0.588. The third kappa shape index (κ3) is 1.27. The van der Waals surface area contributed by atoms with E-state index in [1.165, 1.54) is 25.7 Å². The fourth-order valence-electron chi connectivity index (χ4n) is 3.05.